The van der Waals surface area contributed by atoms with Gasteiger partial charge in [-0.3, -0.25) is 0 Å². The highest BCUT2D eigenvalue weighted by atomic mass is 35.5. The molecule has 0 aromatic carbocycles. The molecule has 1 rings (SSSR count). The van der Waals surface area contributed by atoms with Gasteiger partial charge in [0.05, 0.1) is 6.61 Å². The number of nitrogens with zero attached hydrogens (tertiary/aromatic N) is 2. The molecule has 0 fully saturated rings. The zero-order chi connectivity index (χ0) is 12.6. The molecule has 0 amide bonds. The van der Waals surface area contributed by atoms with E-state index in [9.17, 15) is 4.79 Å². The van der Waals surface area contributed by atoms with Crippen LogP contribution in [-0.4, -0.2) is 28.8 Å². The maximum absolute atomic E-state index is 11.3. The molecule has 1 aromatic rings. The van der Waals surface area contributed by atoms with Crippen LogP contribution in [0.4, 0.5) is 0 Å². The van der Waals surface area contributed by atoms with Gasteiger partial charge in [0, 0.05) is 6.20 Å². The molecule has 90 valence electrons. The Hall–Kier alpha value is -0.810. The standard InChI is InChI=1S/C8H9ClN2O2S.C2H6/c1-3-13-7(12)5-4-10-8(14-2)11-6(5)9;1-2/h4H,3H2,1-2H3;1-2H3. The van der Waals surface area contributed by atoms with Crippen LogP contribution < -0.4 is 0 Å². The minimum Gasteiger partial charge on any atom is -0.462 e. The van der Waals surface area contributed by atoms with E-state index in [0.29, 0.717) is 11.8 Å². The molecule has 0 unspecified atom stereocenters. The van der Waals surface area contributed by atoms with E-state index in [-0.39, 0.29) is 10.7 Å². The number of carbonyl (C=O) groups excluding carboxylic acids is 1. The predicted octanol–water partition coefficient (Wildman–Crippen LogP) is 3.05. The normalized spacial score (nSPS) is 9.06. The lowest BCUT2D eigenvalue weighted by Crippen LogP contribution is -2.07. The first-order chi connectivity index (χ1) is 7.69. The summed E-state index contributed by atoms with van der Waals surface area (Å²) in [6, 6.07) is 0. The molecule has 0 saturated carbocycles. The molecule has 0 saturated heterocycles. The molecule has 1 aromatic heterocycles. The molecule has 0 aliphatic rings. The highest BCUT2D eigenvalue weighted by Gasteiger charge is 2.13. The Bertz CT molecular complexity index is 348. The summed E-state index contributed by atoms with van der Waals surface area (Å²) in [4.78, 5) is 19.1. The van der Waals surface area contributed by atoms with Crippen LogP contribution in [0.25, 0.3) is 0 Å². The van der Waals surface area contributed by atoms with Crippen molar-refractivity contribution in [1.29, 1.82) is 0 Å². The molecule has 4 nitrogen and oxygen atoms in total. The van der Waals surface area contributed by atoms with Gasteiger partial charge >= 0.3 is 5.97 Å². The Balaban J connectivity index is 0.00000106. The van der Waals surface area contributed by atoms with Crippen LogP contribution in [0.2, 0.25) is 5.15 Å². The number of rotatable bonds is 3. The Morgan fingerprint density at radius 3 is 2.62 bits per heavy atom. The largest absolute Gasteiger partial charge is 0.462 e. The van der Waals surface area contributed by atoms with Gasteiger partial charge in [-0.15, -0.1) is 0 Å². The summed E-state index contributed by atoms with van der Waals surface area (Å²) < 4.78 is 4.77. The SMILES string of the molecule is CC.CCOC(=O)c1cnc(SC)nc1Cl. The molecule has 6 heteroatoms. The monoisotopic (exact) mass is 262 g/mol. The van der Waals surface area contributed by atoms with Gasteiger partial charge in [-0.2, -0.15) is 0 Å². The number of thioether (sulfide) groups is 1. The topological polar surface area (TPSA) is 52.1 Å². The van der Waals surface area contributed by atoms with Crippen molar-refractivity contribution in [2.45, 2.75) is 25.9 Å². The number of halogens is 1. The van der Waals surface area contributed by atoms with Crippen LogP contribution in [0.15, 0.2) is 11.4 Å². The minimum atomic E-state index is -0.495. The van der Waals surface area contributed by atoms with Gasteiger partial charge in [-0.05, 0) is 13.2 Å². The Labute approximate surface area is 105 Å². The summed E-state index contributed by atoms with van der Waals surface area (Å²) in [5.41, 5.74) is 0.200. The average molecular weight is 263 g/mol. The summed E-state index contributed by atoms with van der Waals surface area (Å²) in [6.45, 7) is 6.03. The Morgan fingerprint density at radius 2 is 2.19 bits per heavy atom. The van der Waals surface area contributed by atoms with E-state index in [4.69, 9.17) is 16.3 Å². The molecule has 0 bridgehead atoms. The van der Waals surface area contributed by atoms with Crippen molar-refractivity contribution in [3.05, 3.63) is 16.9 Å². The zero-order valence-corrected chi connectivity index (χ0v) is 11.4. The first-order valence-electron chi connectivity index (χ1n) is 4.92. The van der Waals surface area contributed by atoms with Crippen LogP contribution in [0.1, 0.15) is 31.1 Å². The zero-order valence-electron chi connectivity index (χ0n) is 9.78. The summed E-state index contributed by atoms with van der Waals surface area (Å²) in [5.74, 6) is -0.495. The number of hydrogen-bond acceptors (Lipinski definition) is 5. The van der Waals surface area contributed by atoms with Gasteiger partial charge in [0.15, 0.2) is 5.16 Å². The van der Waals surface area contributed by atoms with Crippen molar-refractivity contribution >= 4 is 29.3 Å². The van der Waals surface area contributed by atoms with E-state index in [0.717, 1.165) is 0 Å². The number of hydrogen-bond donors (Lipinski definition) is 0. The fourth-order valence-corrected chi connectivity index (χ4v) is 1.39. The van der Waals surface area contributed by atoms with Crippen LogP contribution in [-0.2, 0) is 4.74 Å². The molecule has 0 N–H and O–H groups in total. The maximum Gasteiger partial charge on any atom is 0.342 e. The highest BCUT2D eigenvalue weighted by molar-refractivity contribution is 7.98. The molecule has 0 spiro atoms. The van der Waals surface area contributed by atoms with Crippen LogP contribution in [0.5, 0.6) is 0 Å². The number of carbonyl (C=O) groups is 1. The fourth-order valence-electron chi connectivity index (χ4n) is 0.790. The summed E-state index contributed by atoms with van der Waals surface area (Å²) in [5, 5.41) is 0.658. The fraction of sp³-hybridized carbons (Fsp3) is 0.500. The average Bonchev–Trinajstić information content (AvgIpc) is 2.31. The number of esters is 1. The molecule has 0 aliphatic carbocycles. The maximum atomic E-state index is 11.3. The van der Waals surface area contributed by atoms with Crippen molar-refractivity contribution in [3.8, 4) is 0 Å². The van der Waals surface area contributed by atoms with Crippen molar-refractivity contribution in [3.63, 3.8) is 0 Å². The van der Waals surface area contributed by atoms with Gasteiger partial charge in [0.2, 0.25) is 0 Å². The highest BCUT2D eigenvalue weighted by Crippen LogP contribution is 2.17. The Morgan fingerprint density at radius 1 is 1.56 bits per heavy atom. The van der Waals surface area contributed by atoms with Crippen molar-refractivity contribution in [2.75, 3.05) is 12.9 Å². The van der Waals surface area contributed by atoms with Gasteiger partial charge in [-0.1, -0.05) is 37.2 Å². The Kier molecular flexibility index (Phi) is 7.93. The second-order valence-electron chi connectivity index (χ2n) is 2.28. The number of ether oxygens (including phenoxy) is 1. The van der Waals surface area contributed by atoms with E-state index >= 15 is 0 Å². The second kappa shape index (κ2) is 8.35. The van der Waals surface area contributed by atoms with Crippen molar-refractivity contribution in [1.82, 2.24) is 9.97 Å². The molecular formula is C10H15ClN2O2S. The molecule has 0 aliphatic heterocycles. The van der Waals surface area contributed by atoms with E-state index in [1.54, 1.807) is 6.92 Å². The summed E-state index contributed by atoms with van der Waals surface area (Å²) in [6.07, 6.45) is 3.20. The third-order valence-electron chi connectivity index (χ3n) is 1.40. The van der Waals surface area contributed by atoms with Gasteiger partial charge in [0.25, 0.3) is 0 Å². The second-order valence-corrected chi connectivity index (χ2v) is 3.41. The smallest absolute Gasteiger partial charge is 0.342 e. The van der Waals surface area contributed by atoms with Gasteiger partial charge in [-0.25, -0.2) is 14.8 Å². The van der Waals surface area contributed by atoms with E-state index in [1.165, 1.54) is 18.0 Å². The van der Waals surface area contributed by atoms with Gasteiger partial charge in [0.1, 0.15) is 10.7 Å². The third kappa shape index (κ3) is 4.37. The third-order valence-corrected chi connectivity index (χ3v) is 2.25. The minimum absolute atomic E-state index is 0.128. The molecule has 1 heterocycles. The van der Waals surface area contributed by atoms with Crippen LogP contribution >= 0.6 is 23.4 Å². The molecular weight excluding hydrogens is 248 g/mol. The lowest BCUT2D eigenvalue weighted by molar-refractivity contribution is 0.0525. The first kappa shape index (κ1) is 15.2. The van der Waals surface area contributed by atoms with Crippen molar-refractivity contribution in [2.24, 2.45) is 0 Å². The van der Waals surface area contributed by atoms with E-state index in [1.807, 2.05) is 20.1 Å². The van der Waals surface area contributed by atoms with Crippen LogP contribution in [0.3, 0.4) is 0 Å². The molecule has 0 atom stereocenters. The number of aromatic nitrogens is 2. The lowest BCUT2D eigenvalue weighted by Gasteiger charge is -2.03. The predicted molar refractivity (Wildman–Crippen MR) is 66.1 cm³/mol. The van der Waals surface area contributed by atoms with Crippen molar-refractivity contribution < 1.29 is 9.53 Å². The summed E-state index contributed by atoms with van der Waals surface area (Å²) >= 11 is 7.13. The van der Waals surface area contributed by atoms with E-state index < -0.39 is 5.97 Å². The van der Waals surface area contributed by atoms with Crippen LogP contribution in [0, 0.1) is 0 Å². The van der Waals surface area contributed by atoms with Gasteiger partial charge < -0.3 is 4.74 Å². The lowest BCUT2D eigenvalue weighted by atomic mass is 10.3. The molecule has 0 radical (unpaired) electrons. The summed E-state index contributed by atoms with van der Waals surface area (Å²) in [7, 11) is 0. The molecule has 16 heavy (non-hydrogen) atoms. The quantitative estimate of drug-likeness (QED) is 0.363. The van der Waals surface area contributed by atoms with E-state index in [2.05, 4.69) is 9.97 Å². The first-order valence-corrected chi connectivity index (χ1v) is 6.53.